The summed E-state index contributed by atoms with van der Waals surface area (Å²) in [7, 11) is 0. The second-order valence-corrected chi connectivity index (χ2v) is 6.81. The molecule has 0 spiro atoms. The van der Waals surface area contributed by atoms with E-state index in [4.69, 9.17) is 0 Å². The third-order valence-electron chi connectivity index (χ3n) is 4.72. The fraction of sp³-hybridized carbons (Fsp3) is 0.0455. The van der Waals surface area contributed by atoms with Crippen LogP contribution in [0.15, 0.2) is 66.7 Å². The van der Waals surface area contributed by atoms with Crippen LogP contribution in [0.4, 0.5) is 17.1 Å². The molecule has 1 aliphatic heterocycles. The predicted molar refractivity (Wildman–Crippen MR) is 110 cm³/mol. The number of carbonyl (C=O) groups excluding carboxylic acids is 3. The maximum absolute atomic E-state index is 12.9. The molecule has 4 rings (SSSR count). The molecule has 0 saturated heterocycles. The highest BCUT2D eigenvalue weighted by atomic mass is 16.6. The van der Waals surface area contributed by atoms with E-state index >= 15 is 0 Å². The lowest BCUT2D eigenvalue weighted by atomic mass is 10.1. The largest absolute Gasteiger partial charge is 0.322 e. The third-order valence-corrected chi connectivity index (χ3v) is 4.72. The minimum absolute atomic E-state index is 0.0726. The molecule has 3 amide bonds. The smallest absolute Gasteiger partial charge is 0.271 e. The fourth-order valence-electron chi connectivity index (χ4n) is 3.29. The van der Waals surface area contributed by atoms with E-state index in [1.54, 1.807) is 6.07 Å². The van der Waals surface area contributed by atoms with Crippen molar-refractivity contribution in [2.24, 2.45) is 0 Å². The molecule has 8 nitrogen and oxygen atoms in total. The number of hydrogen-bond donors (Lipinski definition) is 1. The van der Waals surface area contributed by atoms with Crippen LogP contribution in [0.2, 0.25) is 0 Å². The monoisotopic (exact) mass is 401 g/mol. The van der Waals surface area contributed by atoms with E-state index in [2.05, 4.69) is 5.32 Å². The minimum atomic E-state index is -0.638. The zero-order valence-corrected chi connectivity index (χ0v) is 15.8. The van der Waals surface area contributed by atoms with Gasteiger partial charge in [0.25, 0.3) is 23.4 Å². The Morgan fingerprint density at radius 3 is 2.40 bits per heavy atom. The summed E-state index contributed by atoms with van der Waals surface area (Å²) in [5, 5.41) is 13.8. The highest BCUT2D eigenvalue weighted by Crippen LogP contribution is 2.31. The Morgan fingerprint density at radius 1 is 0.933 bits per heavy atom. The van der Waals surface area contributed by atoms with Crippen LogP contribution in [0.1, 0.15) is 36.6 Å². The summed E-state index contributed by atoms with van der Waals surface area (Å²) in [5.41, 5.74) is 1.89. The number of aryl methyl sites for hydroxylation is 1. The van der Waals surface area contributed by atoms with Gasteiger partial charge in [-0.1, -0.05) is 18.2 Å². The van der Waals surface area contributed by atoms with Crippen molar-refractivity contribution < 1.29 is 19.3 Å². The molecular formula is C22H15N3O5. The molecule has 1 N–H and O–H groups in total. The average Bonchev–Trinajstić information content (AvgIpc) is 2.98. The molecule has 0 aromatic heterocycles. The van der Waals surface area contributed by atoms with E-state index in [0.717, 1.165) is 16.5 Å². The van der Waals surface area contributed by atoms with Gasteiger partial charge in [0, 0.05) is 23.4 Å². The molecule has 148 valence electrons. The van der Waals surface area contributed by atoms with Gasteiger partial charge in [0.15, 0.2) is 0 Å². The fourth-order valence-corrected chi connectivity index (χ4v) is 3.29. The Kier molecular flexibility index (Phi) is 4.59. The second-order valence-electron chi connectivity index (χ2n) is 6.81. The van der Waals surface area contributed by atoms with Crippen molar-refractivity contribution in [2.75, 3.05) is 10.2 Å². The number of nitrogens with one attached hydrogen (secondary N) is 1. The number of amides is 3. The van der Waals surface area contributed by atoms with Crippen LogP contribution in [0, 0.1) is 17.0 Å². The standard InChI is InChI=1S/C22H15N3O5/c1-13-4-2-5-15(10-13)23-20(26)14-8-9-18-19(11-14)22(28)24(21(18)27)16-6-3-7-17(12-16)25(29)30/h2-12H,1H3,(H,23,26). The number of rotatable bonds is 4. The Balaban J connectivity index is 1.64. The Labute approximate surface area is 170 Å². The topological polar surface area (TPSA) is 110 Å². The minimum Gasteiger partial charge on any atom is -0.322 e. The lowest BCUT2D eigenvalue weighted by Crippen LogP contribution is -2.29. The molecular weight excluding hydrogens is 386 g/mol. The van der Waals surface area contributed by atoms with E-state index in [9.17, 15) is 24.5 Å². The first-order valence-corrected chi connectivity index (χ1v) is 9.00. The van der Waals surface area contributed by atoms with Gasteiger partial charge in [0.05, 0.1) is 21.7 Å². The molecule has 0 atom stereocenters. The molecule has 1 aliphatic rings. The van der Waals surface area contributed by atoms with Crippen molar-refractivity contribution in [2.45, 2.75) is 6.92 Å². The van der Waals surface area contributed by atoms with Gasteiger partial charge in [0.1, 0.15) is 0 Å². The quantitative estimate of drug-likeness (QED) is 0.404. The van der Waals surface area contributed by atoms with Gasteiger partial charge >= 0.3 is 0 Å². The lowest BCUT2D eigenvalue weighted by molar-refractivity contribution is -0.384. The first-order chi connectivity index (χ1) is 14.3. The first-order valence-electron chi connectivity index (χ1n) is 9.00. The van der Waals surface area contributed by atoms with Gasteiger partial charge in [-0.2, -0.15) is 0 Å². The molecule has 3 aromatic carbocycles. The molecule has 0 radical (unpaired) electrons. The zero-order valence-electron chi connectivity index (χ0n) is 15.8. The summed E-state index contributed by atoms with van der Waals surface area (Å²) < 4.78 is 0. The molecule has 1 heterocycles. The highest BCUT2D eigenvalue weighted by Gasteiger charge is 2.37. The Morgan fingerprint density at radius 2 is 1.67 bits per heavy atom. The zero-order chi connectivity index (χ0) is 21.4. The molecule has 0 aliphatic carbocycles. The van der Waals surface area contributed by atoms with Gasteiger partial charge in [-0.3, -0.25) is 24.5 Å². The number of fused-ring (bicyclic) bond motifs is 1. The maximum atomic E-state index is 12.9. The van der Waals surface area contributed by atoms with Crippen LogP contribution in [0.25, 0.3) is 0 Å². The maximum Gasteiger partial charge on any atom is 0.271 e. The summed E-state index contributed by atoms with van der Waals surface area (Å²) in [4.78, 5) is 49.5. The van der Waals surface area contributed by atoms with Crippen molar-refractivity contribution in [1.82, 2.24) is 0 Å². The van der Waals surface area contributed by atoms with Crippen LogP contribution in [0.3, 0.4) is 0 Å². The van der Waals surface area contributed by atoms with E-state index < -0.39 is 22.6 Å². The van der Waals surface area contributed by atoms with E-state index in [-0.39, 0.29) is 28.1 Å². The normalized spacial score (nSPS) is 12.6. The lowest BCUT2D eigenvalue weighted by Gasteiger charge is -2.13. The van der Waals surface area contributed by atoms with Gasteiger partial charge in [-0.25, -0.2) is 4.90 Å². The second kappa shape index (κ2) is 7.25. The molecule has 0 bridgehead atoms. The Hall–Kier alpha value is -4.33. The number of nitro groups is 1. The summed E-state index contributed by atoms with van der Waals surface area (Å²) in [6.07, 6.45) is 0. The van der Waals surface area contributed by atoms with Gasteiger partial charge in [-0.05, 0) is 48.9 Å². The summed E-state index contributed by atoms with van der Waals surface area (Å²) in [5.74, 6) is -1.65. The van der Waals surface area contributed by atoms with E-state index in [1.165, 1.54) is 36.4 Å². The third kappa shape index (κ3) is 3.30. The molecule has 0 fully saturated rings. The summed E-state index contributed by atoms with van der Waals surface area (Å²) in [6, 6.07) is 16.8. The predicted octanol–water partition coefficient (Wildman–Crippen LogP) is 3.96. The highest BCUT2D eigenvalue weighted by molar-refractivity contribution is 6.34. The van der Waals surface area contributed by atoms with Crippen LogP contribution in [0.5, 0.6) is 0 Å². The van der Waals surface area contributed by atoms with Crippen LogP contribution < -0.4 is 10.2 Å². The van der Waals surface area contributed by atoms with E-state index in [1.807, 2.05) is 25.1 Å². The van der Waals surface area contributed by atoms with Crippen molar-refractivity contribution in [3.05, 3.63) is 99.1 Å². The molecule has 30 heavy (non-hydrogen) atoms. The number of hydrogen-bond acceptors (Lipinski definition) is 5. The van der Waals surface area contributed by atoms with Crippen molar-refractivity contribution in [3.63, 3.8) is 0 Å². The summed E-state index contributed by atoms with van der Waals surface area (Å²) >= 11 is 0. The summed E-state index contributed by atoms with van der Waals surface area (Å²) in [6.45, 7) is 1.90. The number of benzene rings is 3. The molecule has 3 aromatic rings. The molecule has 0 unspecified atom stereocenters. The number of carbonyl (C=O) groups is 3. The van der Waals surface area contributed by atoms with Gasteiger partial charge in [0.2, 0.25) is 0 Å². The van der Waals surface area contributed by atoms with E-state index in [0.29, 0.717) is 5.69 Å². The number of nitro benzene ring substituents is 1. The van der Waals surface area contributed by atoms with Gasteiger partial charge in [-0.15, -0.1) is 0 Å². The number of non-ortho nitro benzene ring substituents is 1. The van der Waals surface area contributed by atoms with Crippen molar-refractivity contribution in [3.8, 4) is 0 Å². The number of anilines is 2. The average molecular weight is 401 g/mol. The van der Waals surface area contributed by atoms with Crippen molar-refractivity contribution >= 4 is 34.8 Å². The molecule has 8 heteroatoms. The van der Waals surface area contributed by atoms with Crippen LogP contribution >= 0.6 is 0 Å². The van der Waals surface area contributed by atoms with Crippen LogP contribution in [-0.2, 0) is 0 Å². The SMILES string of the molecule is Cc1cccc(NC(=O)c2ccc3c(c2)C(=O)N(c2cccc([N+](=O)[O-])c2)C3=O)c1. The Bertz CT molecular complexity index is 1230. The van der Waals surface area contributed by atoms with Crippen molar-refractivity contribution in [1.29, 1.82) is 0 Å². The number of imide groups is 1. The number of nitrogens with zero attached hydrogens (tertiary/aromatic N) is 2. The van der Waals surface area contributed by atoms with Gasteiger partial charge < -0.3 is 5.32 Å². The molecule has 0 saturated carbocycles. The first kappa shape index (κ1) is 19.0. The van der Waals surface area contributed by atoms with Crippen LogP contribution in [-0.4, -0.2) is 22.6 Å².